The molecule has 0 N–H and O–H groups in total. The monoisotopic (exact) mass is 263 g/mol. The van der Waals surface area contributed by atoms with E-state index < -0.39 is 0 Å². The van der Waals surface area contributed by atoms with Crippen LogP contribution in [0.25, 0.3) is 5.69 Å². The van der Waals surface area contributed by atoms with Crippen molar-refractivity contribution in [2.24, 2.45) is 5.92 Å². The van der Waals surface area contributed by atoms with Crippen molar-refractivity contribution in [2.75, 3.05) is 0 Å². The molecule has 94 valence electrons. The Morgan fingerprint density at radius 3 is 2.83 bits per heavy atom. The summed E-state index contributed by atoms with van der Waals surface area (Å²) < 4.78 is 1.68. The summed E-state index contributed by atoms with van der Waals surface area (Å²) in [6.07, 6.45) is 1.49. The maximum absolute atomic E-state index is 11.0. The van der Waals surface area contributed by atoms with Crippen LogP contribution >= 0.6 is 11.6 Å². The Labute approximate surface area is 111 Å². The van der Waals surface area contributed by atoms with Gasteiger partial charge in [0.1, 0.15) is 5.69 Å². The van der Waals surface area contributed by atoms with Crippen molar-refractivity contribution in [3.05, 3.63) is 40.7 Å². The van der Waals surface area contributed by atoms with Gasteiger partial charge in [-0.1, -0.05) is 36.7 Å². The van der Waals surface area contributed by atoms with E-state index in [1.165, 1.54) is 0 Å². The zero-order chi connectivity index (χ0) is 13.1. The van der Waals surface area contributed by atoms with Crippen LogP contribution in [0.3, 0.4) is 0 Å². The predicted octanol–water partition coefficient (Wildman–Crippen LogP) is 2.93. The number of hydrogen-bond acceptors (Lipinski definition) is 3. The molecular weight excluding hydrogens is 250 g/mol. The van der Waals surface area contributed by atoms with Gasteiger partial charge in [0.15, 0.2) is 6.29 Å². The summed E-state index contributed by atoms with van der Waals surface area (Å²) in [5.74, 6) is 0.417. The molecule has 0 aliphatic carbocycles. The largest absolute Gasteiger partial charge is 0.296 e. The fraction of sp³-hybridized carbons (Fsp3) is 0.308. The molecule has 2 aromatic rings. The molecule has 0 saturated carbocycles. The van der Waals surface area contributed by atoms with Crippen LogP contribution in [0, 0.1) is 5.92 Å². The Morgan fingerprint density at radius 1 is 1.44 bits per heavy atom. The third kappa shape index (κ3) is 2.59. The first-order valence-corrected chi connectivity index (χ1v) is 6.15. The highest BCUT2D eigenvalue weighted by Gasteiger charge is 2.15. The molecule has 0 aliphatic rings. The zero-order valence-electron chi connectivity index (χ0n) is 10.3. The van der Waals surface area contributed by atoms with E-state index in [2.05, 4.69) is 24.2 Å². The van der Waals surface area contributed by atoms with Crippen molar-refractivity contribution in [1.82, 2.24) is 15.0 Å². The molecule has 1 aromatic carbocycles. The van der Waals surface area contributed by atoms with Gasteiger partial charge in [-0.05, 0) is 30.5 Å². The van der Waals surface area contributed by atoms with E-state index in [1.807, 2.05) is 12.1 Å². The minimum atomic E-state index is 0.392. The van der Waals surface area contributed by atoms with Gasteiger partial charge in [-0.3, -0.25) is 4.79 Å². The molecule has 0 radical (unpaired) electrons. The van der Waals surface area contributed by atoms with Gasteiger partial charge in [0.25, 0.3) is 0 Å². The van der Waals surface area contributed by atoms with Crippen LogP contribution in [-0.4, -0.2) is 21.3 Å². The third-order valence-electron chi connectivity index (χ3n) is 2.56. The molecular formula is C13H14ClN3O. The normalized spacial score (nSPS) is 10.9. The molecule has 0 atom stereocenters. The molecule has 1 heterocycles. The first-order valence-electron chi connectivity index (χ1n) is 5.77. The summed E-state index contributed by atoms with van der Waals surface area (Å²) in [5, 5.41) is 8.55. The highest BCUT2D eigenvalue weighted by atomic mass is 35.5. The van der Waals surface area contributed by atoms with Gasteiger partial charge >= 0.3 is 0 Å². The number of nitrogens with zero attached hydrogens (tertiary/aromatic N) is 3. The van der Waals surface area contributed by atoms with Crippen molar-refractivity contribution in [3.8, 4) is 5.69 Å². The van der Waals surface area contributed by atoms with Crippen molar-refractivity contribution in [1.29, 1.82) is 0 Å². The van der Waals surface area contributed by atoms with E-state index in [-0.39, 0.29) is 0 Å². The molecule has 4 nitrogen and oxygen atoms in total. The molecule has 5 heteroatoms. The lowest BCUT2D eigenvalue weighted by Gasteiger charge is -2.09. The van der Waals surface area contributed by atoms with Crippen molar-refractivity contribution < 1.29 is 4.79 Å². The molecule has 0 amide bonds. The fourth-order valence-corrected chi connectivity index (χ4v) is 1.98. The minimum Gasteiger partial charge on any atom is -0.296 e. The number of carbonyl (C=O) groups is 1. The molecule has 18 heavy (non-hydrogen) atoms. The molecule has 0 saturated heterocycles. The standard InChI is InChI=1S/C13H14ClN3O/c1-9(2)6-13-12(8-18)15-16-17(13)11-5-3-4-10(14)7-11/h3-5,7-9H,6H2,1-2H3. The van der Waals surface area contributed by atoms with Gasteiger partial charge in [0.05, 0.1) is 11.4 Å². The number of halogens is 1. The number of aldehydes is 1. The van der Waals surface area contributed by atoms with E-state index in [0.717, 1.165) is 24.1 Å². The second-order valence-electron chi connectivity index (χ2n) is 4.53. The van der Waals surface area contributed by atoms with E-state index in [9.17, 15) is 4.79 Å². The Kier molecular flexibility index (Phi) is 3.77. The maximum Gasteiger partial charge on any atom is 0.172 e. The lowest BCUT2D eigenvalue weighted by molar-refractivity contribution is 0.111. The Hall–Kier alpha value is -1.68. The summed E-state index contributed by atoms with van der Waals surface area (Å²) in [6.45, 7) is 4.17. The van der Waals surface area contributed by atoms with Crippen LogP contribution < -0.4 is 0 Å². The summed E-state index contributed by atoms with van der Waals surface area (Å²) in [6, 6.07) is 7.33. The van der Waals surface area contributed by atoms with Gasteiger partial charge < -0.3 is 0 Å². The highest BCUT2D eigenvalue weighted by Crippen LogP contribution is 2.18. The van der Waals surface area contributed by atoms with Crippen LogP contribution in [0.4, 0.5) is 0 Å². The van der Waals surface area contributed by atoms with Crippen LogP contribution in [0.15, 0.2) is 24.3 Å². The third-order valence-corrected chi connectivity index (χ3v) is 2.79. The van der Waals surface area contributed by atoms with Gasteiger partial charge in [-0.25, -0.2) is 4.68 Å². The Morgan fingerprint density at radius 2 is 2.22 bits per heavy atom. The van der Waals surface area contributed by atoms with Crippen LogP contribution in [0.5, 0.6) is 0 Å². The SMILES string of the molecule is CC(C)Cc1c(C=O)nnn1-c1cccc(Cl)c1. The number of aromatic nitrogens is 3. The maximum atomic E-state index is 11.0. The number of benzene rings is 1. The average molecular weight is 264 g/mol. The summed E-state index contributed by atoms with van der Waals surface area (Å²) in [4.78, 5) is 11.0. The van der Waals surface area contributed by atoms with Gasteiger partial charge in [0.2, 0.25) is 0 Å². The topological polar surface area (TPSA) is 47.8 Å². The molecule has 0 fully saturated rings. The first kappa shape index (κ1) is 12.8. The lowest BCUT2D eigenvalue weighted by atomic mass is 10.1. The van der Waals surface area contributed by atoms with E-state index >= 15 is 0 Å². The van der Waals surface area contributed by atoms with E-state index in [4.69, 9.17) is 11.6 Å². The summed E-state index contributed by atoms with van der Waals surface area (Å²) in [7, 11) is 0. The van der Waals surface area contributed by atoms with Gasteiger partial charge in [0, 0.05) is 5.02 Å². The Bertz CT molecular complexity index is 563. The van der Waals surface area contributed by atoms with Gasteiger partial charge in [-0.15, -0.1) is 5.10 Å². The average Bonchev–Trinajstić information content (AvgIpc) is 2.71. The number of rotatable bonds is 4. The van der Waals surface area contributed by atoms with Crippen molar-refractivity contribution in [3.63, 3.8) is 0 Å². The quantitative estimate of drug-likeness (QED) is 0.797. The molecule has 1 aromatic heterocycles. The predicted molar refractivity (Wildman–Crippen MR) is 70.3 cm³/mol. The van der Waals surface area contributed by atoms with Gasteiger partial charge in [-0.2, -0.15) is 0 Å². The van der Waals surface area contributed by atoms with Crippen LogP contribution in [0.2, 0.25) is 5.02 Å². The molecule has 0 unspecified atom stereocenters. The highest BCUT2D eigenvalue weighted by molar-refractivity contribution is 6.30. The van der Waals surface area contributed by atoms with Crippen LogP contribution in [0.1, 0.15) is 30.0 Å². The smallest absolute Gasteiger partial charge is 0.172 e. The molecule has 0 aliphatic heterocycles. The second kappa shape index (κ2) is 5.31. The second-order valence-corrected chi connectivity index (χ2v) is 4.97. The fourth-order valence-electron chi connectivity index (χ4n) is 1.80. The lowest BCUT2D eigenvalue weighted by Crippen LogP contribution is -2.07. The Balaban J connectivity index is 2.50. The number of hydrogen-bond donors (Lipinski definition) is 0. The van der Waals surface area contributed by atoms with Crippen LogP contribution in [-0.2, 0) is 6.42 Å². The molecule has 0 bridgehead atoms. The minimum absolute atomic E-state index is 0.392. The van der Waals surface area contributed by atoms with Crippen molar-refractivity contribution in [2.45, 2.75) is 20.3 Å². The first-order chi connectivity index (χ1) is 8.61. The van der Waals surface area contributed by atoms with E-state index in [1.54, 1.807) is 16.8 Å². The van der Waals surface area contributed by atoms with Crippen molar-refractivity contribution >= 4 is 17.9 Å². The summed E-state index contributed by atoms with van der Waals surface area (Å²) in [5.41, 5.74) is 2.03. The number of carbonyl (C=O) groups excluding carboxylic acids is 1. The molecule has 0 spiro atoms. The molecule has 2 rings (SSSR count). The zero-order valence-corrected chi connectivity index (χ0v) is 11.1. The van der Waals surface area contributed by atoms with E-state index in [0.29, 0.717) is 16.6 Å². The summed E-state index contributed by atoms with van der Waals surface area (Å²) >= 11 is 5.96.